The molecule has 4 heteroatoms. The van der Waals surface area contributed by atoms with Crippen LogP contribution >= 0.6 is 0 Å². The van der Waals surface area contributed by atoms with Gasteiger partial charge in [-0.05, 0) is 68.4 Å². The monoisotopic (exact) mass is 428 g/mol. The van der Waals surface area contributed by atoms with Crippen molar-refractivity contribution in [1.29, 1.82) is 0 Å². The van der Waals surface area contributed by atoms with E-state index in [4.69, 9.17) is 9.47 Å². The highest BCUT2D eigenvalue weighted by molar-refractivity contribution is 4.96. The van der Waals surface area contributed by atoms with E-state index in [1.54, 1.807) is 0 Å². The average molecular weight is 429 g/mol. The smallest absolute Gasteiger partial charge is 0.246 e. The Balaban J connectivity index is 6.15. The summed E-state index contributed by atoms with van der Waals surface area (Å²) < 4.78 is 13.3. The Bertz CT molecular complexity index is 420. The molecule has 0 amide bonds. The molecular formula is C26H56N2O2. The molecule has 0 radical (unpaired) electrons. The van der Waals surface area contributed by atoms with Gasteiger partial charge in [0.1, 0.15) is 0 Å². The number of hydrogen-bond donors (Lipinski definition) is 0. The molecule has 30 heavy (non-hydrogen) atoms. The Labute approximate surface area is 190 Å². The van der Waals surface area contributed by atoms with Crippen LogP contribution in [0.25, 0.3) is 0 Å². The van der Waals surface area contributed by atoms with E-state index in [-0.39, 0.29) is 17.1 Å². The fraction of sp³-hybridized carbons (Fsp3) is 1.00. The van der Waals surface area contributed by atoms with Crippen molar-refractivity contribution < 1.29 is 9.47 Å². The van der Waals surface area contributed by atoms with Crippen molar-refractivity contribution in [2.75, 3.05) is 26.3 Å². The van der Waals surface area contributed by atoms with Crippen LogP contribution in [0.5, 0.6) is 0 Å². The van der Waals surface area contributed by atoms with Gasteiger partial charge in [0.2, 0.25) is 5.91 Å². The quantitative estimate of drug-likeness (QED) is 0.194. The summed E-state index contributed by atoms with van der Waals surface area (Å²) in [5.41, 5.74) is -0.0197. The van der Waals surface area contributed by atoms with Crippen LogP contribution in [0.3, 0.4) is 0 Å². The van der Waals surface area contributed by atoms with Crippen LogP contribution in [0.2, 0.25) is 0 Å². The molecule has 0 aromatic carbocycles. The Morgan fingerprint density at radius 3 is 1.50 bits per heavy atom. The zero-order chi connectivity index (χ0) is 23.4. The van der Waals surface area contributed by atoms with E-state index in [1.165, 1.54) is 38.5 Å². The molecule has 0 aliphatic carbocycles. The first kappa shape index (κ1) is 29.8. The molecule has 0 heterocycles. The van der Waals surface area contributed by atoms with Gasteiger partial charge in [-0.1, -0.05) is 59.3 Å². The Hall–Kier alpha value is -0.160. The molecule has 0 fully saturated rings. The second kappa shape index (κ2) is 14.1. The summed E-state index contributed by atoms with van der Waals surface area (Å²) in [7, 11) is 0. The van der Waals surface area contributed by atoms with Gasteiger partial charge in [-0.2, -0.15) is 0 Å². The van der Waals surface area contributed by atoms with Crippen LogP contribution in [0.1, 0.15) is 121 Å². The SMILES string of the molecule is CCCCCCCCC(N(CC)C(C)(C)C)C(OCC)(OCC)N(CC)C(C)(C)C. The predicted molar refractivity (Wildman–Crippen MR) is 132 cm³/mol. The van der Waals surface area contributed by atoms with E-state index >= 15 is 0 Å². The minimum Gasteiger partial charge on any atom is -0.336 e. The molecule has 182 valence electrons. The summed E-state index contributed by atoms with van der Waals surface area (Å²) in [6.07, 6.45) is 8.91. The fourth-order valence-electron chi connectivity index (χ4n) is 4.96. The van der Waals surface area contributed by atoms with Crippen LogP contribution in [0.4, 0.5) is 0 Å². The van der Waals surface area contributed by atoms with Crippen LogP contribution in [0.15, 0.2) is 0 Å². The lowest BCUT2D eigenvalue weighted by atomic mass is 9.92. The van der Waals surface area contributed by atoms with Crippen molar-refractivity contribution >= 4 is 0 Å². The molecule has 0 bridgehead atoms. The predicted octanol–water partition coefficient (Wildman–Crippen LogP) is 7.07. The van der Waals surface area contributed by atoms with Crippen LogP contribution in [-0.4, -0.2) is 59.1 Å². The maximum atomic E-state index is 6.65. The number of hydrogen-bond acceptors (Lipinski definition) is 4. The first-order valence-corrected chi connectivity index (χ1v) is 12.8. The van der Waals surface area contributed by atoms with Gasteiger partial charge in [0.05, 0.1) is 6.04 Å². The molecular weight excluding hydrogens is 372 g/mol. The van der Waals surface area contributed by atoms with Crippen LogP contribution < -0.4 is 0 Å². The fourth-order valence-corrected chi connectivity index (χ4v) is 4.96. The number of ether oxygens (including phenoxy) is 2. The van der Waals surface area contributed by atoms with Crippen molar-refractivity contribution in [2.24, 2.45) is 0 Å². The first-order valence-electron chi connectivity index (χ1n) is 12.8. The molecule has 4 nitrogen and oxygen atoms in total. The van der Waals surface area contributed by atoms with Crippen molar-refractivity contribution in [3.63, 3.8) is 0 Å². The summed E-state index contributed by atoms with van der Waals surface area (Å²) >= 11 is 0. The minimum absolute atomic E-state index is 0.0401. The zero-order valence-electron chi connectivity index (χ0n) is 22.6. The van der Waals surface area contributed by atoms with Gasteiger partial charge in [0.15, 0.2) is 0 Å². The van der Waals surface area contributed by atoms with Gasteiger partial charge >= 0.3 is 0 Å². The van der Waals surface area contributed by atoms with Crippen LogP contribution in [-0.2, 0) is 9.47 Å². The van der Waals surface area contributed by atoms with E-state index in [0.29, 0.717) is 13.2 Å². The highest BCUT2D eigenvalue weighted by Crippen LogP contribution is 2.38. The van der Waals surface area contributed by atoms with Crippen molar-refractivity contribution in [2.45, 2.75) is 144 Å². The molecule has 0 aliphatic heterocycles. The second-order valence-corrected chi connectivity index (χ2v) is 10.4. The Morgan fingerprint density at radius 1 is 0.633 bits per heavy atom. The lowest BCUT2D eigenvalue weighted by molar-refractivity contribution is -0.361. The van der Waals surface area contributed by atoms with Gasteiger partial charge in [-0.15, -0.1) is 0 Å². The molecule has 0 N–H and O–H groups in total. The van der Waals surface area contributed by atoms with Gasteiger partial charge in [-0.3, -0.25) is 4.90 Å². The zero-order valence-corrected chi connectivity index (χ0v) is 22.6. The summed E-state index contributed by atoms with van der Waals surface area (Å²) in [5.74, 6) is -0.747. The summed E-state index contributed by atoms with van der Waals surface area (Å²) in [4.78, 5) is 5.06. The number of unbranched alkanes of at least 4 members (excludes halogenated alkanes) is 5. The average Bonchev–Trinajstić information content (AvgIpc) is 2.62. The molecule has 0 aromatic heterocycles. The third-order valence-corrected chi connectivity index (χ3v) is 6.04. The van der Waals surface area contributed by atoms with Gasteiger partial charge in [-0.25, -0.2) is 4.90 Å². The highest BCUT2D eigenvalue weighted by Gasteiger charge is 2.52. The van der Waals surface area contributed by atoms with Crippen molar-refractivity contribution in [3.05, 3.63) is 0 Å². The topological polar surface area (TPSA) is 24.9 Å². The van der Waals surface area contributed by atoms with Crippen molar-refractivity contribution in [1.82, 2.24) is 9.80 Å². The molecule has 1 atom stereocenters. The maximum absolute atomic E-state index is 6.65. The normalized spacial score (nSPS) is 14.7. The standard InChI is InChI=1S/C26H56N2O2/c1-12-17-18-19-20-21-22-23(27(13-2)24(6,7)8)26(29-15-4,30-16-5)28(14-3)25(9,10)11/h23H,12-22H2,1-11H3. The molecule has 0 aromatic rings. The third-order valence-electron chi connectivity index (χ3n) is 6.04. The highest BCUT2D eigenvalue weighted by atomic mass is 16.7. The largest absolute Gasteiger partial charge is 0.336 e. The lowest BCUT2D eigenvalue weighted by Gasteiger charge is -2.56. The van der Waals surface area contributed by atoms with E-state index in [9.17, 15) is 0 Å². The summed E-state index contributed by atoms with van der Waals surface area (Å²) in [5, 5.41) is 0. The molecule has 0 spiro atoms. The first-order chi connectivity index (χ1) is 14.0. The van der Waals surface area contributed by atoms with E-state index < -0.39 is 5.91 Å². The summed E-state index contributed by atoms with van der Waals surface area (Å²) in [6, 6.07) is 0.174. The number of likely N-dealkylation sites (N-methyl/N-ethyl adjacent to an activating group) is 2. The molecule has 0 saturated carbocycles. The molecule has 0 rings (SSSR count). The van der Waals surface area contributed by atoms with Gasteiger partial charge in [0.25, 0.3) is 0 Å². The Kier molecular flexibility index (Phi) is 14.0. The van der Waals surface area contributed by atoms with Gasteiger partial charge < -0.3 is 9.47 Å². The van der Waals surface area contributed by atoms with E-state index in [0.717, 1.165) is 19.5 Å². The second-order valence-electron chi connectivity index (χ2n) is 10.4. The molecule has 0 saturated heterocycles. The summed E-state index contributed by atoms with van der Waals surface area (Å²) in [6.45, 7) is 27.9. The Morgan fingerprint density at radius 2 is 1.13 bits per heavy atom. The minimum atomic E-state index is -0.747. The number of nitrogens with zero attached hydrogens (tertiary/aromatic N) is 2. The lowest BCUT2D eigenvalue weighted by Crippen LogP contribution is -2.71. The third kappa shape index (κ3) is 8.76. The van der Waals surface area contributed by atoms with Gasteiger partial charge in [0, 0.05) is 30.8 Å². The molecule has 0 aliphatic rings. The van der Waals surface area contributed by atoms with Crippen LogP contribution in [0, 0.1) is 0 Å². The molecule has 1 unspecified atom stereocenters. The number of rotatable bonds is 16. The maximum Gasteiger partial charge on any atom is 0.246 e. The van der Waals surface area contributed by atoms with E-state index in [2.05, 4.69) is 86.0 Å². The van der Waals surface area contributed by atoms with E-state index in [1.807, 2.05) is 0 Å². The van der Waals surface area contributed by atoms with Crippen molar-refractivity contribution in [3.8, 4) is 0 Å².